The Morgan fingerprint density at radius 3 is 2.49 bits per heavy atom. The van der Waals surface area contributed by atoms with E-state index in [1.165, 1.54) is 5.69 Å². The lowest BCUT2D eigenvalue weighted by atomic mass is 9.91. The van der Waals surface area contributed by atoms with Gasteiger partial charge in [-0.2, -0.15) is 5.10 Å². The number of halogens is 2. The van der Waals surface area contributed by atoms with Crippen molar-refractivity contribution < 1.29 is 13.9 Å². The number of anilines is 1. The number of aryl methyl sites for hydroxylation is 1. The molecule has 0 radical (unpaired) electrons. The van der Waals surface area contributed by atoms with Crippen LogP contribution >= 0.6 is 0 Å². The average molecular weight is 579 g/mol. The van der Waals surface area contributed by atoms with Crippen LogP contribution in [0.2, 0.25) is 0 Å². The summed E-state index contributed by atoms with van der Waals surface area (Å²) in [5.41, 5.74) is 8.16. The number of nitrogens with zero attached hydrogens (tertiary/aromatic N) is 5. The van der Waals surface area contributed by atoms with Gasteiger partial charge in [0.15, 0.2) is 5.65 Å². The number of nitrogens with one attached hydrogen (secondary N) is 1. The third kappa shape index (κ3) is 5.95. The number of aliphatic hydroxyl groups excluding tert-OH is 1. The van der Waals surface area contributed by atoms with Crippen molar-refractivity contribution in [2.45, 2.75) is 19.4 Å². The summed E-state index contributed by atoms with van der Waals surface area (Å²) in [6, 6.07) is 13.7. The Bertz CT molecular complexity index is 1780. The second kappa shape index (κ2) is 12.2. The van der Waals surface area contributed by atoms with Crippen molar-refractivity contribution in [3.8, 4) is 11.1 Å². The van der Waals surface area contributed by atoms with Gasteiger partial charge in [-0.05, 0) is 78.7 Å². The van der Waals surface area contributed by atoms with E-state index in [0.29, 0.717) is 17.6 Å². The number of aliphatic hydroxyl groups is 1. The van der Waals surface area contributed by atoms with Gasteiger partial charge >= 0.3 is 0 Å². The predicted octanol–water partition coefficient (Wildman–Crippen LogP) is 5.98. The van der Waals surface area contributed by atoms with Gasteiger partial charge in [0.25, 0.3) is 0 Å². The van der Waals surface area contributed by atoms with E-state index in [0.717, 1.165) is 78.0 Å². The van der Waals surface area contributed by atoms with Gasteiger partial charge in [0.2, 0.25) is 0 Å². The summed E-state index contributed by atoms with van der Waals surface area (Å²) < 4.78 is 29.3. The van der Waals surface area contributed by atoms with Crippen molar-refractivity contribution in [2.24, 2.45) is 4.99 Å². The summed E-state index contributed by atoms with van der Waals surface area (Å²) in [4.78, 5) is 11.0. The molecule has 7 nitrogen and oxygen atoms in total. The minimum atomic E-state index is -1.15. The van der Waals surface area contributed by atoms with Gasteiger partial charge < -0.3 is 15.3 Å². The minimum absolute atomic E-state index is 0.160. The monoisotopic (exact) mass is 578 g/mol. The highest BCUT2D eigenvalue weighted by Gasteiger charge is 2.19. The van der Waals surface area contributed by atoms with E-state index in [1.807, 2.05) is 35.7 Å². The molecule has 1 unspecified atom stereocenters. The molecule has 1 aliphatic carbocycles. The molecule has 3 heterocycles. The first-order valence-corrected chi connectivity index (χ1v) is 14.2. The lowest BCUT2D eigenvalue weighted by molar-refractivity contribution is 0.218. The third-order valence-electron chi connectivity index (χ3n) is 7.86. The van der Waals surface area contributed by atoms with Gasteiger partial charge in [-0.1, -0.05) is 30.4 Å². The summed E-state index contributed by atoms with van der Waals surface area (Å²) in [6.45, 7) is 9.54. The fraction of sp³-hybridized carbons (Fsp3) is 0.206. The number of aromatic nitrogens is 3. The van der Waals surface area contributed by atoms with Gasteiger partial charge in [0.05, 0.1) is 17.6 Å². The Morgan fingerprint density at radius 1 is 1.07 bits per heavy atom. The maximum absolute atomic E-state index is 13.7. The number of aliphatic imine (C=N–C) groups is 1. The van der Waals surface area contributed by atoms with Crippen LogP contribution in [0, 0.1) is 18.6 Å². The highest BCUT2D eigenvalue weighted by atomic mass is 19.1. The minimum Gasteiger partial charge on any atom is -0.384 e. The fourth-order valence-corrected chi connectivity index (χ4v) is 5.62. The van der Waals surface area contributed by atoms with Crippen LogP contribution in [-0.4, -0.2) is 52.6 Å². The van der Waals surface area contributed by atoms with Crippen LogP contribution in [0.5, 0.6) is 0 Å². The van der Waals surface area contributed by atoms with Crippen molar-refractivity contribution in [3.05, 3.63) is 125 Å². The van der Waals surface area contributed by atoms with E-state index >= 15 is 0 Å². The van der Waals surface area contributed by atoms with Gasteiger partial charge in [-0.25, -0.2) is 18.3 Å². The zero-order valence-electron chi connectivity index (χ0n) is 23.8. The molecule has 0 saturated carbocycles. The predicted molar refractivity (Wildman–Crippen MR) is 167 cm³/mol. The van der Waals surface area contributed by atoms with E-state index in [4.69, 9.17) is 5.10 Å². The highest BCUT2D eigenvalue weighted by Crippen LogP contribution is 2.33. The smallest absolute Gasteiger partial charge is 0.154 e. The van der Waals surface area contributed by atoms with Gasteiger partial charge in [-0.3, -0.25) is 4.99 Å². The molecule has 2 aromatic heterocycles. The highest BCUT2D eigenvalue weighted by molar-refractivity contribution is 5.80. The molecule has 218 valence electrons. The molecule has 1 atom stereocenters. The van der Waals surface area contributed by atoms with E-state index in [-0.39, 0.29) is 5.56 Å². The zero-order chi connectivity index (χ0) is 29.9. The number of rotatable bonds is 7. The van der Waals surface area contributed by atoms with E-state index in [1.54, 1.807) is 18.5 Å². The molecule has 1 aliphatic heterocycles. The van der Waals surface area contributed by atoms with Crippen LogP contribution in [0.3, 0.4) is 0 Å². The van der Waals surface area contributed by atoms with Gasteiger partial charge in [0.1, 0.15) is 17.7 Å². The molecule has 0 bridgehead atoms. The van der Waals surface area contributed by atoms with Crippen LogP contribution in [0.15, 0.2) is 101 Å². The Kier molecular flexibility index (Phi) is 8.09. The largest absolute Gasteiger partial charge is 0.384 e. The first-order chi connectivity index (χ1) is 20.9. The second-order valence-corrected chi connectivity index (χ2v) is 10.6. The Hall–Kier alpha value is -4.73. The van der Waals surface area contributed by atoms with Crippen molar-refractivity contribution in [3.63, 3.8) is 0 Å². The van der Waals surface area contributed by atoms with Crippen molar-refractivity contribution in [1.29, 1.82) is 0 Å². The number of allylic oxidation sites excluding steroid dienone is 5. The van der Waals surface area contributed by atoms with Crippen LogP contribution in [0.1, 0.15) is 29.5 Å². The summed E-state index contributed by atoms with van der Waals surface area (Å²) in [5, 5.41) is 19.1. The molecule has 43 heavy (non-hydrogen) atoms. The molecule has 2 N–H and O–H groups in total. The SMILES string of the molecule is C=N/C=C\C(=C1\C=CC(C(O)c2cc(F)cc(F)c2)=CC1)c1cnc2cc(-c3ccc(N4CCNCC4)cc3)c(C)nn12. The van der Waals surface area contributed by atoms with E-state index in [2.05, 4.69) is 51.2 Å². The Morgan fingerprint density at radius 2 is 1.81 bits per heavy atom. The first-order valence-electron chi connectivity index (χ1n) is 14.2. The molecule has 2 aromatic carbocycles. The summed E-state index contributed by atoms with van der Waals surface area (Å²) in [6.07, 6.45) is 10.1. The van der Waals surface area contributed by atoms with Crippen LogP contribution < -0.4 is 10.2 Å². The molecule has 1 saturated heterocycles. The summed E-state index contributed by atoms with van der Waals surface area (Å²) in [7, 11) is 0. The molecule has 2 aliphatic rings. The Balaban J connectivity index is 1.30. The van der Waals surface area contributed by atoms with Crippen LogP contribution in [-0.2, 0) is 0 Å². The molecular weight excluding hydrogens is 546 g/mol. The first kappa shape index (κ1) is 28.4. The lowest BCUT2D eigenvalue weighted by Gasteiger charge is -2.29. The maximum atomic E-state index is 13.7. The summed E-state index contributed by atoms with van der Waals surface area (Å²) >= 11 is 0. The topological polar surface area (TPSA) is 78.1 Å². The second-order valence-electron chi connectivity index (χ2n) is 10.6. The fourth-order valence-electron chi connectivity index (χ4n) is 5.62. The van der Waals surface area contributed by atoms with Crippen molar-refractivity contribution >= 4 is 23.6 Å². The van der Waals surface area contributed by atoms with Crippen molar-refractivity contribution in [1.82, 2.24) is 19.9 Å². The molecule has 1 fully saturated rings. The molecule has 0 spiro atoms. The number of imidazole rings is 1. The molecular formula is C34H32F2N6O. The molecule has 4 aromatic rings. The number of hydrogen-bond acceptors (Lipinski definition) is 6. The molecule has 9 heteroatoms. The Labute approximate surface area is 248 Å². The standard InChI is InChI=1S/C34H32F2N6O/c1-22-31(24-7-9-29(10-8-24)41-15-13-38-14-16-41)20-33-39-21-32(42(33)40-22)30(11-12-37-2)23-3-5-25(6-4-23)34(43)26-17-27(35)19-28(36)18-26/h3,5-12,17-21,34,38,43H,2,4,13-16H2,1H3/b12-11-,30-23+. The van der Waals surface area contributed by atoms with Crippen LogP contribution in [0.25, 0.3) is 22.3 Å². The zero-order valence-corrected chi connectivity index (χ0v) is 23.8. The van der Waals surface area contributed by atoms with Gasteiger partial charge in [0, 0.05) is 55.3 Å². The maximum Gasteiger partial charge on any atom is 0.154 e. The molecule has 6 rings (SSSR count). The number of hydrogen-bond donors (Lipinski definition) is 2. The van der Waals surface area contributed by atoms with Crippen molar-refractivity contribution in [2.75, 3.05) is 31.1 Å². The third-order valence-corrected chi connectivity index (χ3v) is 7.86. The van der Waals surface area contributed by atoms with Crippen LogP contribution in [0.4, 0.5) is 14.5 Å². The van der Waals surface area contributed by atoms with Gasteiger partial charge in [-0.15, -0.1) is 0 Å². The molecule has 0 amide bonds. The number of piperazine rings is 1. The van der Waals surface area contributed by atoms with E-state index < -0.39 is 17.7 Å². The average Bonchev–Trinajstić information content (AvgIpc) is 3.43. The summed E-state index contributed by atoms with van der Waals surface area (Å²) in [5.74, 6) is -1.46. The lowest BCUT2D eigenvalue weighted by Crippen LogP contribution is -2.43. The van der Waals surface area contributed by atoms with E-state index in [9.17, 15) is 13.9 Å². The number of benzene rings is 2. The quantitative estimate of drug-likeness (QED) is 0.264. The normalized spacial score (nSPS) is 17.4. The number of fused-ring (bicyclic) bond motifs is 1.